The highest BCUT2D eigenvalue weighted by Crippen LogP contribution is 2.29. The van der Waals surface area contributed by atoms with Crippen molar-refractivity contribution in [3.8, 4) is 10.4 Å². The maximum atomic E-state index is 13.4. The molecule has 3 rings (SSSR count). The standard InChI is InChI=1S/C25H34N4O5S/c1-14(16-6-8-17(9-7-16)21-15(2)27-13-35-21)28-23(33)19-10-18(30)12-29(19)24(34)22(25(3,4)5)26-11-20(31)32/h6-9,13-14,18-19,22,26,30H,10-12H2,1-5H3,(H,28,33)(H,31,32)/t14-,18+,19-,22+/m0/s1. The number of aliphatic hydroxyl groups is 1. The lowest BCUT2D eigenvalue weighted by atomic mass is 9.85. The van der Waals surface area contributed by atoms with Gasteiger partial charge in [-0.05, 0) is 30.4 Å². The van der Waals surface area contributed by atoms with Gasteiger partial charge < -0.3 is 20.4 Å². The van der Waals surface area contributed by atoms with E-state index in [2.05, 4.69) is 15.6 Å². The predicted octanol–water partition coefficient (Wildman–Crippen LogP) is 2.35. The molecule has 9 nitrogen and oxygen atoms in total. The molecule has 0 unspecified atom stereocenters. The second kappa shape index (κ2) is 10.8. The van der Waals surface area contributed by atoms with E-state index in [1.54, 1.807) is 11.3 Å². The van der Waals surface area contributed by atoms with Crippen LogP contribution in [0, 0.1) is 12.3 Å². The summed E-state index contributed by atoms with van der Waals surface area (Å²) >= 11 is 1.58. The number of carbonyl (C=O) groups excluding carboxylic acids is 2. The predicted molar refractivity (Wildman–Crippen MR) is 134 cm³/mol. The molecule has 35 heavy (non-hydrogen) atoms. The van der Waals surface area contributed by atoms with Crippen LogP contribution < -0.4 is 10.6 Å². The van der Waals surface area contributed by atoms with Crippen molar-refractivity contribution in [2.45, 2.75) is 65.3 Å². The number of aryl methyl sites for hydroxylation is 1. The second-order valence-electron chi connectivity index (χ2n) is 10.1. The number of amides is 2. The fourth-order valence-electron chi connectivity index (χ4n) is 4.32. The van der Waals surface area contributed by atoms with Crippen LogP contribution in [0.15, 0.2) is 29.8 Å². The highest BCUT2D eigenvalue weighted by atomic mass is 32.1. The van der Waals surface area contributed by atoms with E-state index in [4.69, 9.17) is 5.11 Å². The van der Waals surface area contributed by atoms with Crippen LogP contribution in [0.1, 0.15) is 51.4 Å². The van der Waals surface area contributed by atoms with Gasteiger partial charge in [0.1, 0.15) is 6.04 Å². The average Bonchev–Trinajstić information content (AvgIpc) is 3.38. The number of carboxylic acids is 1. The van der Waals surface area contributed by atoms with Gasteiger partial charge in [0.05, 0.1) is 40.8 Å². The van der Waals surface area contributed by atoms with Crippen LogP contribution in [0.2, 0.25) is 0 Å². The molecule has 2 heterocycles. The lowest BCUT2D eigenvalue weighted by Gasteiger charge is -2.35. The van der Waals surface area contributed by atoms with E-state index >= 15 is 0 Å². The first-order chi connectivity index (χ1) is 16.4. The third-order valence-corrected chi connectivity index (χ3v) is 7.19. The molecule has 0 saturated carbocycles. The Labute approximate surface area is 209 Å². The highest BCUT2D eigenvalue weighted by Gasteiger charge is 2.44. The number of hydrogen-bond donors (Lipinski definition) is 4. The monoisotopic (exact) mass is 502 g/mol. The van der Waals surface area contributed by atoms with Crippen LogP contribution in [-0.4, -0.2) is 69.2 Å². The summed E-state index contributed by atoms with van der Waals surface area (Å²) in [7, 11) is 0. The van der Waals surface area contributed by atoms with E-state index in [0.717, 1.165) is 21.7 Å². The molecule has 1 fully saturated rings. The largest absolute Gasteiger partial charge is 0.480 e. The molecule has 1 aliphatic rings. The number of thiazole rings is 1. The maximum Gasteiger partial charge on any atom is 0.317 e. The molecule has 0 spiro atoms. The van der Waals surface area contributed by atoms with Crippen LogP contribution in [0.25, 0.3) is 10.4 Å². The first-order valence-corrected chi connectivity index (χ1v) is 12.5. The Morgan fingerprint density at radius 1 is 1.23 bits per heavy atom. The van der Waals surface area contributed by atoms with Gasteiger partial charge in [-0.25, -0.2) is 4.98 Å². The van der Waals surface area contributed by atoms with Crippen molar-refractivity contribution < 1.29 is 24.6 Å². The summed E-state index contributed by atoms with van der Waals surface area (Å²) in [4.78, 5) is 44.4. The molecule has 0 radical (unpaired) electrons. The van der Waals surface area contributed by atoms with Crippen molar-refractivity contribution >= 4 is 29.1 Å². The Balaban J connectivity index is 1.71. The number of aliphatic carboxylic acids is 1. The molecule has 4 atom stereocenters. The summed E-state index contributed by atoms with van der Waals surface area (Å²) in [5.41, 5.74) is 4.17. The quantitative estimate of drug-likeness (QED) is 0.436. The molecule has 2 aromatic rings. The lowest BCUT2D eigenvalue weighted by molar-refractivity contribution is -0.143. The van der Waals surface area contributed by atoms with Crippen LogP contribution >= 0.6 is 11.3 Å². The van der Waals surface area contributed by atoms with Gasteiger partial charge in [-0.15, -0.1) is 11.3 Å². The molecule has 1 aromatic heterocycles. The summed E-state index contributed by atoms with van der Waals surface area (Å²) in [5.74, 6) is -1.82. The van der Waals surface area contributed by atoms with E-state index in [1.807, 2.05) is 64.4 Å². The minimum Gasteiger partial charge on any atom is -0.480 e. The first kappa shape index (κ1) is 26.8. The Bertz CT molecular complexity index is 1060. The van der Waals surface area contributed by atoms with Gasteiger partial charge in [0, 0.05) is 13.0 Å². The van der Waals surface area contributed by atoms with Gasteiger partial charge >= 0.3 is 5.97 Å². The van der Waals surface area contributed by atoms with Gasteiger partial charge in [-0.2, -0.15) is 0 Å². The molecule has 2 amide bonds. The first-order valence-electron chi connectivity index (χ1n) is 11.6. The molecule has 190 valence electrons. The molecule has 1 aliphatic heterocycles. The minimum atomic E-state index is -1.08. The number of nitrogens with zero attached hydrogens (tertiary/aromatic N) is 2. The summed E-state index contributed by atoms with van der Waals surface area (Å²) in [6.45, 7) is 8.95. The fraction of sp³-hybridized carbons (Fsp3) is 0.520. The number of hydrogen-bond acceptors (Lipinski definition) is 7. The Hall–Kier alpha value is -2.82. The molecular formula is C25H34N4O5S. The van der Waals surface area contributed by atoms with Gasteiger partial charge in [-0.3, -0.25) is 19.7 Å². The van der Waals surface area contributed by atoms with Crippen LogP contribution in [0.3, 0.4) is 0 Å². The number of nitrogens with one attached hydrogen (secondary N) is 2. The summed E-state index contributed by atoms with van der Waals surface area (Å²) < 4.78 is 0. The van der Waals surface area contributed by atoms with Crippen molar-refractivity contribution in [2.24, 2.45) is 5.41 Å². The third-order valence-electron chi connectivity index (χ3n) is 6.21. The fourth-order valence-corrected chi connectivity index (χ4v) is 5.13. The maximum absolute atomic E-state index is 13.4. The smallest absolute Gasteiger partial charge is 0.317 e. The number of benzene rings is 1. The van der Waals surface area contributed by atoms with Gasteiger partial charge in [-0.1, -0.05) is 45.0 Å². The number of aromatic nitrogens is 1. The summed E-state index contributed by atoms with van der Waals surface area (Å²) in [6.07, 6.45) is -0.698. The van der Waals surface area contributed by atoms with E-state index in [-0.39, 0.29) is 31.5 Å². The number of likely N-dealkylation sites (tertiary alicyclic amines) is 1. The number of carbonyl (C=O) groups is 3. The lowest BCUT2D eigenvalue weighted by Crippen LogP contribution is -2.57. The zero-order valence-electron chi connectivity index (χ0n) is 20.7. The number of aliphatic hydroxyl groups excluding tert-OH is 1. The minimum absolute atomic E-state index is 0.0233. The van der Waals surface area contributed by atoms with Gasteiger partial charge in [0.15, 0.2) is 0 Å². The van der Waals surface area contributed by atoms with E-state index in [0.29, 0.717) is 0 Å². The zero-order valence-corrected chi connectivity index (χ0v) is 21.6. The Morgan fingerprint density at radius 3 is 2.43 bits per heavy atom. The second-order valence-corrected chi connectivity index (χ2v) is 10.9. The number of rotatable bonds is 8. The normalized spacial score (nSPS) is 19.9. The molecule has 1 saturated heterocycles. The van der Waals surface area contributed by atoms with Crippen LogP contribution in [0.4, 0.5) is 0 Å². The molecule has 1 aromatic carbocycles. The molecule has 10 heteroatoms. The van der Waals surface area contributed by atoms with E-state index in [1.165, 1.54) is 4.90 Å². The Kier molecular flexibility index (Phi) is 8.30. The van der Waals surface area contributed by atoms with E-state index in [9.17, 15) is 19.5 Å². The zero-order chi connectivity index (χ0) is 25.9. The molecular weight excluding hydrogens is 468 g/mol. The van der Waals surface area contributed by atoms with E-state index < -0.39 is 35.5 Å². The topological polar surface area (TPSA) is 132 Å². The van der Waals surface area contributed by atoms with Crippen molar-refractivity contribution in [3.05, 3.63) is 41.0 Å². The summed E-state index contributed by atoms with van der Waals surface area (Å²) in [5, 5.41) is 25.1. The number of β-amino-alcohol motifs (C(OH)–C–C–N with tert-alkyl or cyclic N) is 1. The average molecular weight is 503 g/mol. The van der Waals surface area contributed by atoms with Crippen molar-refractivity contribution in [1.82, 2.24) is 20.5 Å². The van der Waals surface area contributed by atoms with Crippen molar-refractivity contribution in [3.63, 3.8) is 0 Å². The molecule has 0 bridgehead atoms. The third kappa shape index (κ3) is 6.45. The van der Waals surface area contributed by atoms with Crippen molar-refractivity contribution in [2.75, 3.05) is 13.1 Å². The highest BCUT2D eigenvalue weighted by molar-refractivity contribution is 7.13. The van der Waals surface area contributed by atoms with Gasteiger partial charge in [0.25, 0.3) is 0 Å². The molecule has 4 N–H and O–H groups in total. The summed E-state index contributed by atoms with van der Waals surface area (Å²) in [6, 6.07) is 5.94. The number of carboxylic acid groups (broad SMARTS) is 1. The van der Waals surface area contributed by atoms with Crippen LogP contribution in [0.5, 0.6) is 0 Å². The molecule has 0 aliphatic carbocycles. The van der Waals surface area contributed by atoms with Crippen LogP contribution in [-0.2, 0) is 14.4 Å². The van der Waals surface area contributed by atoms with Crippen molar-refractivity contribution in [1.29, 1.82) is 0 Å². The SMILES string of the molecule is Cc1ncsc1-c1ccc([C@H](C)NC(=O)[C@@H]2C[C@@H](O)CN2C(=O)[C@@H](NCC(=O)O)C(C)(C)C)cc1. The van der Waals surface area contributed by atoms with Gasteiger partial charge in [0.2, 0.25) is 11.8 Å². The Morgan fingerprint density at radius 2 is 1.89 bits per heavy atom.